The van der Waals surface area contributed by atoms with Gasteiger partial charge < -0.3 is 14.4 Å². The Bertz CT molecular complexity index is 1670. The topological polar surface area (TPSA) is 97.0 Å². The molecule has 0 bridgehead atoms. The molecule has 3 aromatic heterocycles. The van der Waals surface area contributed by atoms with Gasteiger partial charge in [-0.2, -0.15) is 18.2 Å². The zero-order chi connectivity index (χ0) is 26.9. The second-order valence-corrected chi connectivity index (χ2v) is 10.5. The Labute approximate surface area is 216 Å². The van der Waals surface area contributed by atoms with Crippen molar-refractivity contribution < 1.29 is 26.1 Å². The van der Waals surface area contributed by atoms with E-state index in [0.29, 0.717) is 5.56 Å². The summed E-state index contributed by atoms with van der Waals surface area (Å²) in [5.74, 6) is -1.73. The molecule has 5 aromatic rings. The third-order valence-corrected chi connectivity index (χ3v) is 7.60. The van der Waals surface area contributed by atoms with Gasteiger partial charge in [0.25, 0.3) is 10.0 Å². The quantitative estimate of drug-likeness (QED) is 0.280. The molecular weight excluding hydrogens is 519 g/mol. The summed E-state index contributed by atoms with van der Waals surface area (Å²) in [5, 5.41) is 4.40. The normalized spacial score (nSPS) is 12.5. The summed E-state index contributed by atoms with van der Waals surface area (Å²) in [7, 11) is -1.93. The monoisotopic (exact) mass is 541 g/mol. The van der Waals surface area contributed by atoms with Crippen LogP contribution >= 0.6 is 0 Å². The number of fused-ring (bicyclic) bond motifs is 1. The highest BCUT2D eigenvalue weighted by molar-refractivity contribution is 7.90. The highest BCUT2D eigenvalue weighted by Gasteiger charge is 2.38. The molecule has 38 heavy (non-hydrogen) atoms. The number of H-pyrrole nitrogens is 1. The van der Waals surface area contributed by atoms with E-state index in [1.54, 1.807) is 12.1 Å². The van der Waals surface area contributed by atoms with Crippen molar-refractivity contribution in [1.82, 2.24) is 19.1 Å². The van der Waals surface area contributed by atoms with Crippen LogP contribution in [0.1, 0.15) is 23.0 Å². The largest absolute Gasteiger partial charge is 0.471 e. The second-order valence-electron chi connectivity index (χ2n) is 8.62. The van der Waals surface area contributed by atoms with Gasteiger partial charge in [-0.05, 0) is 65.6 Å². The summed E-state index contributed by atoms with van der Waals surface area (Å²) in [5.41, 5.74) is 3.51. The number of hydrogen-bond acceptors (Lipinski definition) is 6. The van der Waals surface area contributed by atoms with E-state index in [-0.39, 0.29) is 10.7 Å². The van der Waals surface area contributed by atoms with E-state index in [0.717, 1.165) is 39.2 Å². The first kappa shape index (κ1) is 25.3. The van der Waals surface area contributed by atoms with Crippen molar-refractivity contribution in [3.8, 4) is 0 Å². The maximum Gasteiger partial charge on any atom is 0.471 e. The predicted octanol–water partition coefficient (Wildman–Crippen LogP) is 5.46. The van der Waals surface area contributed by atoms with Crippen molar-refractivity contribution >= 4 is 38.8 Å². The van der Waals surface area contributed by atoms with Gasteiger partial charge in [0.1, 0.15) is 0 Å². The van der Waals surface area contributed by atoms with Gasteiger partial charge in [-0.15, -0.1) is 0 Å². The molecule has 196 valence electrons. The van der Waals surface area contributed by atoms with Gasteiger partial charge in [-0.25, -0.2) is 12.4 Å². The lowest BCUT2D eigenvalue weighted by atomic mass is 10.2. The zero-order valence-electron chi connectivity index (χ0n) is 20.1. The smallest absolute Gasteiger partial charge is 0.374 e. The molecule has 0 saturated carbocycles. The first-order chi connectivity index (χ1) is 18.1. The number of aromatic nitrogens is 4. The van der Waals surface area contributed by atoms with Crippen LogP contribution in [0.25, 0.3) is 23.1 Å². The molecule has 8 nitrogen and oxygen atoms in total. The SMILES string of the molecule is CN(CCc1cc2ccccc2[nH]1)c1ccc(S(=O)(=O)n2ccc(/C=C/c3noc(C(F)(F)F)n3)c2)cc1. The molecule has 1 N–H and O–H groups in total. The van der Waals surface area contributed by atoms with Crippen LogP contribution < -0.4 is 4.90 Å². The fraction of sp³-hybridized carbons (Fsp3) is 0.154. The van der Waals surface area contributed by atoms with Crippen molar-refractivity contribution in [3.05, 3.63) is 96.0 Å². The van der Waals surface area contributed by atoms with E-state index in [1.807, 2.05) is 30.1 Å². The van der Waals surface area contributed by atoms with Crippen LogP contribution in [0.3, 0.4) is 0 Å². The van der Waals surface area contributed by atoms with E-state index in [1.165, 1.54) is 42.7 Å². The van der Waals surface area contributed by atoms with Crippen LogP contribution in [0.4, 0.5) is 18.9 Å². The molecule has 0 atom stereocenters. The molecule has 0 amide bonds. The minimum absolute atomic E-state index is 0.101. The van der Waals surface area contributed by atoms with Crippen LogP contribution in [0, 0.1) is 0 Å². The maximum absolute atomic E-state index is 13.1. The number of likely N-dealkylation sites (N-methyl/N-ethyl adjacent to an activating group) is 1. The molecule has 0 saturated heterocycles. The Kier molecular flexibility index (Phi) is 6.57. The number of benzene rings is 2. The predicted molar refractivity (Wildman–Crippen MR) is 137 cm³/mol. The molecular formula is C26H22F3N5O3S. The summed E-state index contributed by atoms with van der Waals surface area (Å²) < 4.78 is 69.1. The number of aromatic amines is 1. The lowest BCUT2D eigenvalue weighted by Crippen LogP contribution is -2.20. The molecule has 0 fully saturated rings. The Morgan fingerprint density at radius 1 is 1.08 bits per heavy atom. The van der Waals surface area contributed by atoms with Crippen molar-refractivity contribution in [1.29, 1.82) is 0 Å². The van der Waals surface area contributed by atoms with Gasteiger partial charge >= 0.3 is 12.1 Å². The van der Waals surface area contributed by atoms with Crippen LogP contribution in [0.5, 0.6) is 0 Å². The minimum Gasteiger partial charge on any atom is -0.374 e. The third kappa shape index (κ3) is 5.35. The molecule has 0 spiro atoms. The average Bonchev–Trinajstić information content (AvgIpc) is 3.65. The lowest BCUT2D eigenvalue weighted by molar-refractivity contribution is -0.159. The highest BCUT2D eigenvalue weighted by atomic mass is 32.2. The van der Waals surface area contributed by atoms with Crippen LogP contribution in [0.15, 0.2) is 82.5 Å². The van der Waals surface area contributed by atoms with Gasteiger partial charge in [0, 0.05) is 49.3 Å². The zero-order valence-corrected chi connectivity index (χ0v) is 20.9. The van der Waals surface area contributed by atoms with E-state index in [9.17, 15) is 21.6 Å². The van der Waals surface area contributed by atoms with E-state index < -0.39 is 22.1 Å². The van der Waals surface area contributed by atoms with Crippen molar-refractivity contribution in [2.45, 2.75) is 17.5 Å². The van der Waals surface area contributed by atoms with Crippen LogP contribution in [-0.2, 0) is 22.6 Å². The first-order valence-electron chi connectivity index (χ1n) is 11.5. The molecule has 2 aromatic carbocycles. The van der Waals surface area contributed by atoms with Crippen LogP contribution in [-0.4, -0.2) is 41.1 Å². The van der Waals surface area contributed by atoms with Crippen molar-refractivity contribution in [3.63, 3.8) is 0 Å². The lowest BCUT2D eigenvalue weighted by Gasteiger charge is -2.19. The number of anilines is 1. The standard InChI is InChI=1S/C26H22F3N5O3S/c1-33(14-13-20-16-19-4-2-3-5-23(19)30-20)21-7-9-22(10-8-21)38(35,36)34-15-12-18(17-34)6-11-24-31-25(37-32-24)26(27,28)29/h2-12,15-17,30H,13-14H2,1H3/b11-6+. The van der Waals surface area contributed by atoms with Gasteiger partial charge in [0.15, 0.2) is 5.82 Å². The summed E-state index contributed by atoms with van der Waals surface area (Å²) in [4.78, 5) is 8.79. The number of para-hydroxylation sites is 1. The van der Waals surface area contributed by atoms with E-state index >= 15 is 0 Å². The Hall–Kier alpha value is -4.32. The van der Waals surface area contributed by atoms with Crippen molar-refractivity contribution in [2.24, 2.45) is 0 Å². The number of halogens is 3. The van der Waals surface area contributed by atoms with Crippen molar-refractivity contribution in [2.75, 3.05) is 18.5 Å². The molecule has 3 heterocycles. The molecule has 0 aliphatic heterocycles. The van der Waals surface area contributed by atoms with Gasteiger partial charge in [-0.3, -0.25) is 0 Å². The van der Waals surface area contributed by atoms with Gasteiger partial charge in [0.2, 0.25) is 0 Å². The second kappa shape index (κ2) is 9.86. The number of alkyl halides is 3. The summed E-state index contributed by atoms with van der Waals surface area (Å²) in [6, 6.07) is 18.3. The average molecular weight is 542 g/mol. The Morgan fingerprint density at radius 3 is 2.55 bits per heavy atom. The van der Waals surface area contributed by atoms with Gasteiger partial charge in [0.05, 0.1) is 4.90 Å². The van der Waals surface area contributed by atoms with Gasteiger partial charge in [-0.1, -0.05) is 23.4 Å². The summed E-state index contributed by atoms with van der Waals surface area (Å²) in [6.45, 7) is 0.733. The molecule has 0 aliphatic rings. The molecule has 0 unspecified atom stereocenters. The van der Waals surface area contributed by atoms with Crippen LogP contribution in [0.2, 0.25) is 0 Å². The fourth-order valence-electron chi connectivity index (χ4n) is 3.91. The molecule has 0 radical (unpaired) electrons. The number of nitrogens with one attached hydrogen (secondary N) is 1. The molecule has 12 heteroatoms. The minimum atomic E-state index is -4.74. The Morgan fingerprint density at radius 2 is 1.84 bits per heavy atom. The summed E-state index contributed by atoms with van der Waals surface area (Å²) in [6.07, 6.45) is 1.35. The third-order valence-electron chi connectivity index (χ3n) is 5.95. The van der Waals surface area contributed by atoms with E-state index in [4.69, 9.17) is 0 Å². The number of nitrogens with zero attached hydrogens (tertiary/aromatic N) is 4. The molecule has 0 aliphatic carbocycles. The fourth-order valence-corrected chi connectivity index (χ4v) is 5.11. The maximum atomic E-state index is 13.1. The first-order valence-corrected chi connectivity index (χ1v) is 12.9. The number of hydrogen-bond donors (Lipinski definition) is 1. The van der Waals surface area contributed by atoms with E-state index in [2.05, 4.69) is 31.8 Å². The highest BCUT2D eigenvalue weighted by Crippen LogP contribution is 2.27. The Balaban J connectivity index is 1.23. The molecule has 5 rings (SSSR count). The summed E-state index contributed by atoms with van der Waals surface area (Å²) >= 11 is 0. The number of rotatable bonds is 8.